The molecule has 0 unspecified atom stereocenters. The van der Waals surface area contributed by atoms with Crippen LogP contribution in [0.15, 0.2) is 53.4 Å². The fraction of sp³-hybridized carbons (Fsp3) is 0.176. The highest BCUT2D eigenvalue weighted by Crippen LogP contribution is 2.25. The second-order valence-corrected chi connectivity index (χ2v) is 7.08. The Morgan fingerprint density at radius 3 is 2.58 bits per heavy atom. The number of nitrogens with zero attached hydrogens (tertiary/aromatic N) is 2. The van der Waals surface area contributed by atoms with Gasteiger partial charge < -0.3 is 5.11 Å². The molecule has 124 valence electrons. The number of carbonyl (C=O) groups is 1. The molecule has 0 atom stereocenters. The van der Waals surface area contributed by atoms with Crippen LogP contribution in [0.4, 0.5) is 5.69 Å². The maximum absolute atomic E-state index is 12.8. The van der Waals surface area contributed by atoms with Gasteiger partial charge in [0, 0.05) is 13.5 Å². The number of sulfonamides is 1. The van der Waals surface area contributed by atoms with Crippen molar-refractivity contribution >= 4 is 21.7 Å². The van der Waals surface area contributed by atoms with Crippen molar-refractivity contribution in [2.24, 2.45) is 0 Å². The van der Waals surface area contributed by atoms with Gasteiger partial charge in [-0.05, 0) is 36.2 Å². The highest BCUT2D eigenvalue weighted by Gasteiger charge is 2.24. The monoisotopic (exact) mass is 344 g/mol. The molecule has 2 aromatic carbocycles. The summed E-state index contributed by atoms with van der Waals surface area (Å²) in [4.78, 5) is 10.6. The van der Waals surface area contributed by atoms with E-state index < -0.39 is 16.0 Å². The summed E-state index contributed by atoms with van der Waals surface area (Å²) in [5, 5.41) is 17.9. The Labute approximate surface area is 140 Å². The van der Waals surface area contributed by atoms with Gasteiger partial charge in [0.15, 0.2) is 0 Å². The molecule has 2 aromatic rings. The summed E-state index contributed by atoms with van der Waals surface area (Å²) in [7, 11) is -2.49. The summed E-state index contributed by atoms with van der Waals surface area (Å²) in [5.74, 6) is -0.913. The summed E-state index contributed by atoms with van der Waals surface area (Å²) in [6, 6.07) is 14.6. The third kappa shape index (κ3) is 3.73. The van der Waals surface area contributed by atoms with Crippen molar-refractivity contribution in [3.8, 4) is 6.07 Å². The van der Waals surface area contributed by atoms with Crippen LogP contribution in [0.3, 0.4) is 0 Å². The number of aryl methyl sites for hydroxylation is 1. The minimum absolute atomic E-state index is 0.0306. The Morgan fingerprint density at radius 2 is 1.92 bits per heavy atom. The smallest absolute Gasteiger partial charge is 0.303 e. The van der Waals surface area contributed by atoms with Gasteiger partial charge in [0.25, 0.3) is 10.0 Å². The second-order valence-electron chi connectivity index (χ2n) is 5.14. The van der Waals surface area contributed by atoms with Gasteiger partial charge in [0.1, 0.15) is 11.0 Å². The molecule has 0 saturated heterocycles. The topological polar surface area (TPSA) is 98.5 Å². The zero-order valence-electron chi connectivity index (χ0n) is 13.0. The van der Waals surface area contributed by atoms with Crippen molar-refractivity contribution in [2.75, 3.05) is 11.4 Å². The lowest BCUT2D eigenvalue weighted by molar-refractivity contribution is -0.136. The van der Waals surface area contributed by atoms with Crippen LogP contribution in [-0.2, 0) is 21.2 Å². The zero-order valence-corrected chi connectivity index (χ0v) is 13.8. The molecular weight excluding hydrogens is 328 g/mol. The molecule has 0 aliphatic heterocycles. The number of carboxylic acid groups (broad SMARTS) is 1. The van der Waals surface area contributed by atoms with Crippen molar-refractivity contribution in [3.63, 3.8) is 0 Å². The Balaban J connectivity index is 2.37. The maximum atomic E-state index is 12.8. The third-order valence-electron chi connectivity index (χ3n) is 3.55. The lowest BCUT2D eigenvalue weighted by Gasteiger charge is -2.20. The van der Waals surface area contributed by atoms with Gasteiger partial charge in [-0.25, -0.2) is 8.42 Å². The van der Waals surface area contributed by atoms with E-state index in [-0.39, 0.29) is 16.9 Å². The van der Waals surface area contributed by atoms with E-state index in [1.165, 1.54) is 19.2 Å². The van der Waals surface area contributed by atoms with Crippen LogP contribution >= 0.6 is 0 Å². The Morgan fingerprint density at radius 1 is 1.21 bits per heavy atom. The van der Waals surface area contributed by atoms with Gasteiger partial charge >= 0.3 is 5.97 Å². The molecular formula is C17H16N2O4S. The Bertz CT molecular complexity index is 901. The molecule has 2 rings (SSSR count). The predicted molar refractivity (Wildman–Crippen MR) is 89.1 cm³/mol. The molecule has 0 radical (unpaired) electrons. The molecule has 0 fully saturated rings. The van der Waals surface area contributed by atoms with E-state index in [0.717, 1.165) is 9.87 Å². The van der Waals surface area contributed by atoms with Crippen LogP contribution in [0.5, 0.6) is 0 Å². The quantitative estimate of drug-likeness (QED) is 0.867. The van der Waals surface area contributed by atoms with Gasteiger partial charge in [-0.3, -0.25) is 9.10 Å². The third-order valence-corrected chi connectivity index (χ3v) is 5.39. The highest BCUT2D eigenvalue weighted by molar-refractivity contribution is 7.92. The number of benzene rings is 2. The average molecular weight is 344 g/mol. The van der Waals surface area contributed by atoms with E-state index in [2.05, 4.69) is 0 Å². The molecule has 0 aliphatic rings. The normalized spacial score (nSPS) is 10.8. The Kier molecular flexibility index (Phi) is 5.21. The Hall–Kier alpha value is -2.85. The van der Waals surface area contributed by atoms with Crippen LogP contribution in [0.25, 0.3) is 0 Å². The molecule has 7 heteroatoms. The SMILES string of the molecule is CN(c1cccc(CCC(=O)O)c1)S(=O)(=O)c1ccccc1C#N. The second kappa shape index (κ2) is 7.15. The predicted octanol–water partition coefficient (Wildman–Crippen LogP) is 2.40. The lowest BCUT2D eigenvalue weighted by Crippen LogP contribution is -2.27. The van der Waals surface area contributed by atoms with Gasteiger partial charge in [0.05, 0.1) is 11.3 Å². The van der Waals surface area contributed by atoms with Crippen molar-refractivity contribution in [3.05, 3.63) is 59.7 Å². The number of aliphatic carboxylic acids is 1. The first-order valence-electron chi connectivity index (χ1n) is 7.15. The maximum Gasteiger partial charge on any atom is 0.303 e. The summed E-state index contributed by atoms with van der Waals surface area (Å²) in [6.45, 7) is 0. The molecule has 0 aromatic heterocycles. The minimum Gasteiger partial charge on any atom is -0.481 e. The molecule has 0 aliphatic carbocycles. The van der Waals surface area contributed by atoms with Crippen LogP contribution in [0.2, 0.25) is 0 Å². The van der Waals surface area contributed by atoms with E-state index in [1.807, 2.05) is 6.07 Å². The fourth-order valence-electron chi connectivity index (χ4n) is 2.23. The molecule has 0 amide bonds. The van der Waals surface area contributed by atoms with E-state index >= 15 is 0 Å². The van der Waals surface area contributed by atoms with Crippen molar-refractivity contribution in [1.82, 2.24) is 0 Å². The van der Waals surface area contributed by atoms with Crippen molar-refractivity contribution < 1.29 is 18.3 Å². The molecule has 1 N–H and O–H groups in total. The van der Waals surface area contributed by atoms with Gasteiger partial charge in [-0.1, -0.05) is 24.3 Å². The molecule has 24 heavy (non-hydrogen) atoms. The van der Waals surface area contributed by atoms with E-state index in [0.29, 0.717) is 12.1 Å². The summed E-state index contributed by atoms with van der Waals surface area (Å²) < 4.78 is 26.6. The molecule has 0 saturated carbocycles. The van der Waals surface area contributed by atoms with Gasteiger partial charge in [0.2, 0.25) is 0 Å². The van der Waals surface area contributed by atoms with Crippen LogP contribution in [0.1, 0.15) is 17.5 Å². The van der Waals surface area contributed by atoms with Crippen molar-refractivity contribution in [1.29, 1.82) is 5.26 Å². The summed E-state index contributed by atoms with van der Waals surface area (Å²) in [6.07, 6.45) is 0.281. The van der Waals surface area contributed by atoms with Crippen molar-refractivity contribution in [2.45, 2.75) is 17.7 Å². The molecule has 0 heterocycles. The van der Waals surface area contributed by atoms with E-state index in [4.69, 9.17) is 10.4 Å². The summed E-state index contributed by atoms with van der Waals surface area (Å²) in [5.41, 5.74) is 1.21. The number of nitriles is 1. The minimum atomic E-state index is -3.89. The van der Waals surface area contributed by atoms with Gasteiger partial charge in [-0.2, -0.15) is 5.26 Å². The zero-order chi connectivity index (χ0) is 17.7. The lowest BCUT2D eigenvalue weighted by atomic mass is 10.1. The standard InChI is InChI=1S/C17H16N2O4S/c1-19(15-7-4-5-13(11-15)9-10-17(20)21)24(22,23)16-8-3-2-6-14(16)12-18/h2-8,11H,9-10H2,1H3,(H,20,21). The van der Waals surface area contributed by atoms with E-state index in [1.54, 1.807) is 36.4 Å². The average Bonchev–Trinajstić information content (AvgIpc) is 2.59. The number of rotatable bonds is 6. The number of anilines is 1. The van der Waals surface area contributed by atoms with Crippen LogP contribution in [0, 0.1) is 11.3 Å². The largest absolute Gasteiger partial charge is 0.481 e. The first-order chi connectivity index (χ1) is 11.4. The number of hydrogen-bond donors (Lipinski definition) is 1. The number of carboxylic acids is 1. The molecule has 0 spiro atoms. The van der Waals surface area contributed by atoms with E-state index in [9.17, 15) is 13.2 Å². The molecule has 0 bridgehead atoms. The highest BCUT2D eigenvalue weighted by atomic mass is 32.2. The molecule has 6 nitrogen and oxygen atoms in total. The van der Waals surface area contributed by atoms with Gasteiger partial charge in [-0.15, -0.1) is 0 Å². The fourth-order valence-corrected chi connectivity index (χ4v) is 3.56. The first kappa shape index (κ1) is 17.5. The van der Waals surface area contributed by atoms with Crippen LogP contribution < -0.4 is 4.31 Å². The van der Waals surface area contributed by atoms with Crippen LogP contribution in [-0.4, -0.2) is 26.5 Å². The first-order valence-corrected chi connectivity index (χ1v) is 8.59. The summed E-state index contributed by atoms with van der Waals surface area (Å²) >= 11 is 0. The number of hydrogen-bond acceptors (Lipinski definition) is 4.